The molecular formula is C22H28F4N2OS. The number of aromatic nitrogens is 1. The lowest BCUT2D eigenvalue weighted by Gasteiger charge is -2.38. The number of hydrogen-bond acceptors (Lipinski definition) is 4. The molecule has 1 aliphatic heterocycles. The highest BCUT2D eigenvalue weighted by atomic mass is 32.1. The standard InChI is InChI=1S/C22H28F4N2OS/c1-16-4-5-17(12-27-16)20(2,3)28-11-10-21(13-28,14-29-15-22(24,25)26)9-8-18-6-7-19(23)30-18/h4-7,12H,8-11,13-15H2,1-3H3/t21-/m0/s1. The molecule has 2 aromatic rings. The van der Waals surface area contributed by atoms with Crippen LogP contribution in [-0.4, -0.2) is 42.4 Å². The molecule has 0 bridgehead atoms. The Bertz CT molecular complexity index is 834. The smallest absolute Gasteiger partial charge is 0.371 e. The van der Waals surface area contributed by atoms with Crippen molar-refractivity contribution >= 4 is 11.3 Å². The Balaban J connectivity index is 1.73. The molecule has 3 nitrogen and oxygen atoms in total. The van der Waals surface area contributed by atoms with E-state index in [0.29, 0.717) is 19.4 Å². The van der Waals surface area contributed by atoms with Crippen molar-refractivity contribution in [2.75, 3.05) is 26.3 Å². The third kappa shape index (κ3) is 5.80. The fraction of sp³-hybridized carbons (Fsp3) is 0.591. The number of pyridine rings is 1. The van der Waals surface area contributed by atoms with Crippen LogP contribution in [-0.2, 0) is 16.7 Å². The van der Waals surface area contributed by atoms with Gasteiger partial charge in [0.15, 0.2) is 5.13 Å². The van der Waals surface area contributed by atoms with Crippen LogP contribution in [0.25, 0.3) is 0 Å². The van der Waals surface area contributed by atoms with Crippen molar-refractivity contribution in [1.82, 2.24) is 9.88 Å². The molecule has 3 heterocycles. The van der Waals surface area contributed by atoms with E-state index in [1.54, 1.807) is 6.07 Å². The lowest BCUT2D eigenvalue weighted by atomic mass is 9.82. The van der Waals surface area contributed by atoms with Crippen molar-refractivity contribution in [3.63, 3.8) is 0 Å². The molecular weight excluding hydrogens is 416 g/mol. The van der Waals surface area contributed by atoms with Crippen LogP contribution in [0.4, 0.5) is 17.6 Å². The van der Waals surface area contributed by atoms with Crippen molar-refractivity contribution in [3.8, 4) is 0 Å². The van der Waals surface area contributed by atoms with E-state index in [4.69, 9.17) is 4.74 Å². The van der Waals surface area contributed by atoms with E-state index in [1.807, 2.05) is 19.2 Å². The van der Waals surface area contributed by atoms with Gasteiger partial charge in [0.2, 0.25) is 0 Å². The number of aryl methyl sites for hydroxylation is 2. The number of likely N-dealkylation sites (tertiary alicyclic amines) is 1. The number of hydrogen-bond donors (Lipinski definition) is 0. The maximum atomic E-state index is 13.3. The Morgan fingerprint density at radius 1 is 1.20 bits per heavy atom. The van der Waals surface area contributed by atoms with Crippen LogP contribution in [0, 0.1) is 17.5 Å². The Morgan fingerprint density at radius 2 is 1.97 bits per heavy atom. The zero-order valence-corrected chi connectivity index (χ0v) is 18.4. The molecule has 0 amide bonds. The molecule has 3 rings (SSSR count). The van der Waals surface area contributed by atoms with Gasteiger partial charge >= 0.3 is 6.18 Å². The minimum Gasteiger partial charge on any atom is -0.371 e. The molecule has 0 radical (unpaired) electrons. The van der Waals surface area contributed by atoms with Gasteiger partial charge in [-0.1, -0.05) is 6.07 Å². The number of nitrogens with zero attached hydrogens (tertiary/aromatic N) is 2. The average molecular weight is 445 g/mol. The summed E-state index contributed by atoms with van der Waals surface area (Å²) in [5, 5.41) is -0.242. The van der Waals surface area contributed by atoms with Gasteiger partial charge in [0.25, 0.3) is 0 Å². The number of ether oxygens (including phenoxy) is 1. The Hall–Kier alpha value is -1.51. The first-order valence-electron chi connectivity index (χ1n) is 10.1. The second kappa shape index (κ2) is 8.93. The zero-order valence-electron chi connectivity index (χ0n) is 17.6. The molecule has 0 aromatic carbocycles. The lowest BCUT2D eigenvalue weighted by Crippen LogP contribution is -2.42. The molecule has 1 saturated heterocycles. The van der Waals surface area contributed by atoms with Gasteiger partial charge in [0.05, 0.1) is 6.61 Å². The highest BCUT2D eigenvalue weighted by molar-refractivity contribution is 7.10. The van der Waals surface area contributed by atoms with Crippen LogP contribution in [0.1, 0.15) is 42.8 Å². The fourth-order valence-corrected chi connectivity index (χ4v) is 4.80. The topological polar surface area (TPSA) is 25.4 Å². The molecule has 30 heavy (non-hydrogen) atoms. The Morgan fingerprint density at radius 3 is 2.57 bits per heavy atom. The molecule has 0 N–H and O–H groups in total. The molecule has 8 heteroatoms. The van der Waals surface area contributed by atoms with E-state index in [1.165, 1.54) is 6.07 Å². The van der Waals surface area contributed by atoms with Crippen LogP contribution >= 0.6 is 11.3 Å². The molecule has 2 aromatic heterocycles. The number of alkyl halides is 3. The van der Waals surface area contributed by atoms with E-state index in [2.05, 4.69) is 29.8 Å². The third-order valence-electron chi connectivity index (χ3n) is 6.05. The monoisotopic (exact) mass is 444 g/mol. The molecule has 0 aliphatic carbocycles. The van der Waals surface area contributed by atoms with Gasteiger partial charge in [-0.05, 0) is 70.3 Å². The van der Waals surface area contributed by atoms with Crippen molar-refractivity contribution < 1.29 is 22.3 Å². The van der Waals surface area contributed by atoms with Gasteiger partial charge in [0.1, 0.15) is 6.61 Å². The summed E-state index contributed by atoms with van der Waals surface area (Å²) in [6, 6.07) is 7.20. The van der Waals surface area contributed by atoms with Gasteiger partial charge in [-0.25, -0.2) is 0 Å². The summed E-state index contributed by atoms with van der Waals surface area (Å²) in [6.07, 6.45) is -0.456. The van der Waals surface area contributed by atoms with E-state index in [-0.39, 0.29) is 17.3 Å². The van der Waals surface area contributed by atoms with Crippen molar-refractivity contribution in [2.24, 2.45) is 5.41 Å². The first kappa shape index (κ1) is 23.2. The quantitative estimate of drug-likeness (QED) is 0.486. The minimum atomic E-state index is -4.34. The molecule has 0 saturated carbocycles. The molecule has 0 unspecified atom stereocenters. The lowest BCUT2D eigenvalue weighted by molar-refractivity contribution is -0.180. The highest BCUT2D eigenvalue weighted by Gasteiger charge is 2.44. The number of halogens is 4. The van der Waals surface area contributed by atoms with Crippen molar-refractivity contribution in [2.45, 2.75) is 51.7 Å². The van der Waals surface area contributed by atoms with Gasteiger partial charge in [-0.2, -0.15) is 17.6 Å². The summed E-state index contributed by atoms with van der Waals surface area (Å²) in [4.78, 5) is 7.60. The van der Waals surface area contributed by atoms with Crippen LogP contribution in [0.2, 0.25) is 0 Å². The molecule has 1 aliphatic rings. The number of rotatable bonds is 8. The molecule has 1 fully saturated rings. The average Bonchev–Trinajstić information content (AvgIpc) is 3.27. The summed E-state index contributed by atoms with van der Waals surface area (Å²) in [7, 11) is 0. The van der Waals surface area contributed by atoms with Gasteiger partial charge in [-0.3, -0.25) is 9.88 Å². The summed E-state index contributed by atoms with van der Waals surface area (Å²) in [5.41, 5.74) is 1.30. The maximum absolute atomic E-state index is 13.3. The minimum absolute atomic E-state index is 0.0408. The van der Waals surface area contributed by atoms with Crippen molar-refractivity contribution in [3.05, 3.63) is 51.7 Å². The predicted molar refractivity (Wildman–Crippen MR) is 110 cm³/mol. The summed E-state index contributed by atoms with van der Waals surface area (Å²) >= 11 is 1.09. The van der Waals surface area contributed by atoms with Crippen LogP contribution < -0.4 is 0 Å². The van der Waals surface area contributed by atoms with E-state index in [0.717, 1.165) is 40.4 Å². The first-order valence-corrected chi connectivity index (χ1v) is 10.9. The normalized spacial score (nSPS) is 20.8. The van der Waals surface area contributed by atoms with Crippen LogP contribution in [0.3, 0.4) is 0 Å². The highest BCUT2D eigenvalue weighted by Crippen LogP contribution is 2.42. The third-order valence-corrected chi connectivity index (χ3v) is 6.98. The second-order valence-corrected chi connectivity index (χ2v) is 9.85. The molecule has 0 spiro atoms. The summed E-state index contributed by atoms with van der Waals surface area (Å²) < 4.78 is 56.4. The van der Waals surface area contributed by atoms with Crippen molar-refractivity contribution in [1.29, 1.82) is 0 Å². The van der Waals surface area contributed by atoms with Gasteiger partial charge in [0, 0.05) is 34.3 Å². The van der Waals surface area contributed by atoms with E-state index >= 15 is 0 Å². The Kier molecular flexibility index (Phi) is 6.89. The second-order valence-electron chi connectivity index (χ2n) is 8.73. The molecule has 1 atom stereocenters. The largest absolute Gasteiger partial charge is 0.411 e. The first-order chi connectivity index (χ1) is 14.0. The van der Waals surface area contributed by atoms with Crippen LogP contribution in [0.5, 0.6) is 0 Å². The molecule has 166 valence electrons. The summed E-state index contributed by atoms with van der Waals surface area (Å²) in [6.45, 7) is 6.34. The zero-order chi connectivity index (χ0) is 22.0. The SMILES string of the molecule is Cc1ccc(C(C)(C)N2CC[C@](CCc3ccc(F)s3)(COCC(F)(F)F)C2)cn1. The summed E-state index contributed by atoms with van der Waals surface area (Å²) in [5.74, 6) is 0. The van der Waals surface area contributed by atoms with Crippen LogP contribution in [0.15, 0.2) is 30.5 Å². The fourth-order valence-electron chi connectivity index (χ4n) is 4.08. The number of thiophene rings is 1. The van der Waals surface area contributed by atoms with Gasteiger partial charge < -0.3 is 4.74 Å². The predicted octanol–water partition coefficient (Wildman–Crippen LogP) is 5.73. The Labute approximate surface area is 179 Å². The van der Waals surface area contributed by atoms with E-state index < -0.39 is 18.2 Å². The maximum Gasteiger partial charge on any atom is 0.411 e. The van der Waals surface area contributed by atoms with Gasteiger partial charge in [-0.15, -0.1) is 11.3 Å². The van der Waals surface area contributed by atoms with E-state index in [9.17, 15) is 17.6 Å².